The Balaban J connectivity index is 1.48. The van der Waals surface area contributed by atoms with E-state index in [1.54, 1.807) is 6.07 Å². The summed E-state index contributed by atoms with van der Waals surface area (Å²) in [6, 6.07) is 18.4. The molecule has 2 N–H and O–H groups in total. The van der Waals surface area contributed by atoms with Gasteiger partial charge in [-0.05, 0) is 50.1 Å². The number of hydrogen-bond acceptors (Lipinski definition) is 3. The number of nitrogens with two attached hydrogens (primary N) is 1. The Labute approximate surface area is 150 Å². The Morgan fingerprint density at radius 2 is 1.84 bits per heavy atom. The number of anilines is 1. The molecule has 1 aliphatic heterocycles. The molecule has 1 heterocycles. The van der Waals surface area contributed by atoms with Gasteiger partial charge in [0.15, 0.2) is 0 Å². The molecule has 1 saturated heterocycles. The van der Waals surface area contributed by atoms with Crippen LogP contribution in [0.1, 0.15) is 28.8 Å². The number of hydrogen-bond donors (Lipinski definition) is 1. The molecule has 0 saturated carbocycles. The fraction of sp³-hybridized carbons (Fsp3) is 0.381. The van der Waals surface area contributed by atoms with Gasteiger partial charge in [-0.25, -0.2) is 0 Å². The molecule has 0 aliphatic carbocycles. The van der Waals surface area contributed by atoms with Gasteiger partial charge in [0, 0.05) is 36.9 Å². The predicted molar refractivity (Wildman–Crippen MR) is 103 cm³/mol. The third-order valence-corrected chi connectivity index (χ3v) is 5.10. The van der Waals surface area contributed by atoms with E-state index in [9.17, 15) is 4.79 Å². The van der Waals surface area contributed by atoms with E-state index in [4.69, 9.17) is 5.73 Å². The highest BCUT2D eigenvalue weighted by Gasteiger charge is 2.25. The molecule has 4 nitrogen and oxygen atoms in total. The molecule has 3 rings (SSSR count). The van der Waals surface area contributed by atoms with Crippen molar-refractivity contribution in [1.82, 2.24) is 9.80 Å². The van der Waals surface area contributed by atoms with E-state index in [1.165, 1.54) is 5.56 Å². The lowest BCUT2D eigenvalue weighted by Crippen LogP contribution is -2.46. The molecule has 132 valence electrons. The molecular weight excluding hydrogens is 310 g/mol. The molecule has 0 aromatic heterocycles. The Morgan fingerprint density at radius 1 is 1.12 bits per heavy atom. The van der Waals surface area contributed by atoms with Gasteiger partial charge in [0.05, 0.1) is 0 Å². The fourth-order valence-corrected chi connectivity index (χ4v) is 3.50. The summed E-state index contributed by atoms with van der Waals surface area (Å²) in [5.41, 5.74) is 8.50. The molecule has 0 spiro atoms. The van der Waals surface area contributed by atoms with Crippen molar-refractivity contribution in [3.8, 4) is 0 Å². The molecule has 1 aliphatic rings. The van der Waals surface area contributed by atoms with Crippen LogP contribution in [-0.4, -0.2) is 48.4 Å². The summed E-state index contributed by atoms with van der Waals surface area (Å²) in [6.45, 7) is 2.68. The van der Waals surface area contributed by atoms with Gasteiger partial charge in [-0.1, -0.05) is 36.4 Å². The normalized spacial score (nSPS) is 15.5. The molecule has 2 aromatic rings. The second kappa shape index (κ2) is 8.17. The van der Waals surface area contributed by atoms with Gasteiger partial charge in [-0.2, -0.15) is 0 Å². The first-order valence-electron chi connectivity index (χ1n) is 9.02. The number of benzene rings is 2. The number of carbonyl (C=O) groups excluding carboxylic acids is 1. The minimum absolute atomic E-state index is 0.0951. The highest BCUT2D eigenvalue weighted by atomic mass is 16.2. The summed E-state index contributed by atoms with van der Waals surface area (Å²) in [4.78, 5) is 17.0. The molecule has 0 bridgehead atoms. The minimum atomic E-state index is 0.0951. The Hall–Kier alpha value is -2.33. The van der Waals surface area contributed by atoms with E-state index >= 15 is 0 Å². The molecule has 4 heteroatoms. The maximum Gasteiger partial charge on any atom is 0.253 e. The first kappa shape index (κ1) is 17.5. The van der Waals surface area contributed by atoms with Crippen molar-refractivity contribution in [3.63, 3.8) is 0 Å². The number of likely N-dealkylation sites (N-methyl/N-ethyl adjacent to an activating group) is 1. The van der Waals surface area contributed by atoms with Gasteiger partial charge in [0.2, 0.25) is 0 Å². The summed E-state index contributed by atoms with van der Waals surface area (Å²) in [5.74, 6) is 0.0951. The van der Waals surface area contributed by atoms with Crippen molar-refractivity contribution in [2.24, 2.45) is 0 Å². The van der Waals surface area contributed by atoms with Crippen LogP contribution in [-0.2, 0) is 6.42 Å². The molecule has 0 atom stereocenters. The van der Waals surface area contributed by atoms with Gasteiger partial charge in [-0.3, -0.25) is 4.79 Å². The number of piperidine rings is 1. The first-order chi connectivity index (χ1) is 12.1. The summed E-state index contributed by atoms with van der Waals surface area (Å²) in [5, 5.41) is 0. The lowest BCUT2D eigenvalue weighted by Gasteiger charge is -2.37. The van der Waals surface area contributed by atoms with Gasteiger partial charge in [-0.15, -0.1) is 0 Å². The number of rotatable bonds is 5. The SMILES string of the molecule is CN(CCc1ccccc1)C1CCN(C(=O)c2cccc(N)c2)CC1. The van der Waals surface area contributed by atoms with Crippen molar-refractivity contribution < 1.29 is 4.79 Å². The topological polar surface area (TPSA) is 49.6 Å². The first-order valence-corrected chi connectivity index (χ1v) is 9.02. The Kier molecular flexibility index (Phi) is 5.71. The van der Waals surface area contributed by atoms with Crippen molar-refractivity contribution >= 4 is 11.6 Å². The van der Waals surface area contributed by atoms with E-state index in [0.29, 0.717) is 17.3 Å². The Bertz CT molecular complexity index is 693. The van der Waals surface area contributed by atoms with Crippen LogP contribution in [0, 0.1) is 0 Å². The van der Waals surface area contributed by atoms with Crippen molar-refractivity contribution in [2.45, 2.75) is 25.3 Å². The zero-order valence-electron chi connectivity index (χ0n) is 14.9. The summed E-state index contributed by atoms with van der Waals surface area (Å²) >= 11 is 0. The third kappa shape index (κ3) is 4.60. The number of likely N-dealkylation sites (tertiary alicyclic amines) is 1. The summed E-state index contributed by atoms with van der Waals surface area (Å²) in [7, 11) is 2.20. The average molecular weight is 337 g/mol. The van der Waals surface area contributed by atoms with Crippen LogP contribution in [0.5, 0.6) is 0 Å². The van der Waals surface area contributed by atoms with E-state index < -0.39 is 0 Å². The molecule has 0 radical (unpaired) electrons. The van der Waals surface area contributed by atoms with E-state index in [2.05, 4.69) is 42.3 Å². The van der Waals surface area contributed by atoms with Crippen LogP contribution >= 0.6 is 0 Å². The summed E-state index contributed by atoms with van der Waals surface area (Å²) < 4.78 is 0. The number of nitrogen functional groups attached to an aromatic ring is 1. The maximum atomic E-state index is 12.6. The van der Waals surface area contributed by atoms with Crippen LogP contribution in [0.2, 0.25) is 0 Å². The largest absolute Gasteiger partial charge is 0.399 e. The second-order valence-electron chi connectivity index (χ2n) is 6.87. The van der Waals surface area contributed by atoms with Crippen LogP contribution in [0.4, 0.5) is 5.69 Å². The Morgan fingerprint density at radius 3 is 2.52 bits per heavy atom. The van der Waals surface area contributed by atoms with Crippen LogP contribution in [0.3, 0.4) is 0 Å². The number of carbonyl (C=O) groups is 1. The van der Waals surface area contributed by atoms with E-state index in [-0.39, 0.29) is 5.91 Å². The standard InChI is InChI=1S/C21H27N3O/c1-23(13-10-17-6-3-2-4-7-17)20-11-14-24(15-12-20)21(25)18-8-5-9-19(22)16-18/h2-9,16,20H,10-15,22H2,1H3. The lowest BCUT2D eigenvalue weighted by molar-refractivity contribution is 0.0647. The molecule has 1 amide bonds. The highest BCUT2D eigenvalue weighted by Crippen LogP contribution is 2.19. The van der Waals surface area contributed by atoms with Gasteiger partial charge in [0.1, 0.15) is 0 Å². The zero-order valence-corrected chi connectivity index (χ0v) is 14.9. The smallest absolute Gasteiger partial charge is 0.253 e. The van der Waals surface area contributed by atoms with Gasteiger partial charge >= 0.3 is 0 Å². The van der Waals surface area contributed by atoms with Crippen molar-refractivity contribution in [2.75, 3.05) is 32.4 Å². The maximum absolute atomic E-state index is 12.6. The second-order valence-corrected chi connectivity index (χ2v) is 6.87. The number of nitrogens with zero attached hydrogens (tertiary/aromatic N) is 2. The molecule has 25 heavy (non-hydrogen) atoms. The molecular formula is C21H27N3O. The van der Waals surface area contributed by atoms with Gasteiger partial charge in [0.25, 0.3) is 5.91 Å². The predicted octanol–water partition coefficient (Wildman–Crippen LogP) is 3.05. The lowest BCUT2D eigenvalue weighted by atomic mass is 10.0. The van der Waals surface area contributed by atoms with E-state index in [1.807, 2.05) is 23.1 Å². The fourth-order valence-electron chi connectivity index (χ4n) is 3.50. The van der Waals surface area contributed by atoms with Crippen LogP contribution in [0.15, 0.2) is 54.6 Å². The molecule has 1 fully saturated rings. The monoisotopic (exact) mass is 337 g/mol. The van der Waals surface area contributed by atoms with Crippen molar-refractivity contribution in [1.29, 1.82) is 0 Å². The quantitative estimate of drug-likeness (QED) is 0.853. The third-order valence-electron chi connectivity index (χ3n) is 5.10. The van der Waals surface area contributed by atoms with Gasteiger partial charge < -0.3 is 15.5 Å². The average Bonchev–Trinajstić information content (AvgIpc) is 2.66. The van der Waals surface area contributed by atoms with E-state index in [0.717, 1.165) is 38.9 Å². The molecule has 0 unspecified atom stereocenters. The van der Waals surface area contributed by atoms with Crippen LogP contribution in [0.25, 0.3) is 0 Å². The van der Waals surface area contributed by atoms with Crippen LogP contribution < -0.4 is 5.73 Å². The highest BCUT2D eigenvalue weighted by molar-refractivity contribution is 5.95. The zero-order chi connectivity index (χ0) is 17.6. The minimum Gasteiger partial charge on any atom is -0.399 e. The number of amides is 1. The molecule has 2 aromatic carbocycles. The summed E-state index contributed by atoms with van der Waals surface area (Å²) in [6.07, 6.45) is 3.12. The van der Waals surface area contributed by atoms with Crippen molar-refractivity contribution in [3.05, 3.63) is 65.7 Å².